The van der Waals surface area contributed by atoms with Gasteiger partial charge >= 0.3 is 0 Å². The van der Waals surface area contributed by atoms with E-state index in [9.17, 15) is 4.79 Å². The van der Waals surface area contributed by atoms with Gasteiger partial charge in [0.2, 0.25) is 5.91 Å². The van der Waals surface area contributed by atoms with Gasteiger partial charge in [0, 0.05) is 13.1 Å². The van der Waals surface area contributed by atoms with Crippen molar-refractivity contribution in [1.82, 2.24) is 15.1 Å². The topological polar surface area (TPSA) is 35.6 Å². The third-order valence-corrected chi connectivity index (χ3v) is 3.90. The van der Waals surface area contributed by atoms with Gasteiger partial charge in [-0.3, -0.25) is 9.69 Å². The van der Waals surface area contributed by atoms with Crippen molar-refractivity contribution in [3.05, 3.63) is 0 Å². The molecule has 0 aromatic heterocycles. The van der Waals surface area contributed by atoms with Gasteiger partial charge in [-0.2, -0.15) is 0 Å². The Morgan fingerprint density at radius 2 is 1.75 bits per heavy atom. The Bertz CT molecular complexity index is 250. The fraction of sp³-hybridized carbons (Fsp3) is 0.933. The quantitative estimate of drug-likeness (QED) is 0.745. The lowest BCUT2D eigenvalue weighted by Gasteiger charge is -2.33. The SMILES string of the molecule is CCCN(CCC)C(=O)CN1CCC(CNC)CC1.Cl. The third kappa shape index (κ3) is 6.91. The van der Waals surface area contributed by atoms with Crippen LogP contribution >= 0.6 is 12.4 Å². The number of nitrogens with one attached hydrogen (secondary N) is 1. The number of piperidine rings is 1. The summed E-state index contributed by atoms with van der Waals surface area (Å²) in [7, 11) is 2.02. The molecule has 0 atom stereocenters. The average molecular weight is 306 g/mol. The molecule has 0 saturated carbocycles. The molecule has 0 bridgehead atoms. The lowest BCUT2D eigenvalue weighted by molar-refractivity contribution is -0.132. The summed E-state index contributed by atoms with van der Waals surface area (Å²) < 4.78 is 0. The van der Waals surface area contributed by atoms with Gasteiger partial charge in [-0.15, -0.1) is 12.4 Å². The Kier molecular flexibility index (Phi) is 11.2. The molecule has 0 unspecified atom stereocenters. The van der Waals surface area contributed by atoms with Gasteiger partial charge in [0.05, 0.1) is 6.54 Å². The summed E-state index contributed by atoms with van der Waals surface area (Å²) in [6.45, 7) is 9.96. The summed E-state index contributed by atoms with van der Waals surface area (Å²) in [6, 6.07) is 0. The first kappa shape index (κ1) is 19.7. The minimum absolute atomic E-state index is 0. The molecule has 1 amide bonds. The molecule has 5 heteroatoms. The van der Waals surface area contributed by atoms with Gasteiger partial charge in [0.15, 0.2) is 0 Å². The number of hydrogen-bond acceptors (Lipinski definition) is 3. The van der Waals surface area contributed by atoms with Gasteiger partial charge < -0.3 is 10.2 Å². The number of nitrogens with zero attached hydrogens (tertiary/aromatic N) is 2. The number of likely N-dealkylation sites (tertiary alicyclic amines) is 1. The van der Waals surface area contributed by atoms with E-state index >= 15 is 0 Å². The standard InChI is InChI=1S/C15H31N3O.ClH/c1-4-8-18(9-5-2)15(19)13-17-10-6-14(7-11-17)12-16-3;/h14,16H,4-13H2,1-3H3;1H. The Labute approximate surface area is 130 Å². The van der Waals surface area contributed by atoms with Crippen molar-refractivity contribution in [2.24, 2.45) is 5.92 Å². The zero-order chi connectivity index (χ0) is 14.1. The van der Waals surface area contributed by atoms with Gasteiger partial charge in [-0.05, 0) is 58.3 Å². The molecule has 1 N–H and O–H groups in total. The van der Waals surface area contributed by atoms with Gasteiger partial charge in [0.25, 0.3) is 0 Å². The number of amides is 1. The summed E-state index contributed by atoms with van der Waals surface area (Å²) >= 11 is 0. The molecule has 0 radical (unpaired) electrons. The molecule has 1 rings (SSSR count). The molecule has 1 heterocycles. The maximum Gasteiger partial charge on any atom is 0.236 e. The van der Waals surface area contributed by atoms with Crippen molar-refractivity contribution in [1.29, 1.82) is 0 Å². The first-order valence-corrected chi connectivity index (χ1v) is 7.85. The number of rotatable bonds is 8. The molecule has 0 aromatic rings. The monoisotopic (exact) mass is 305 g/mol. The lowest BCUT2D eigenvalue weighted by atomic mass is 9.97. The number of carbonyl (C=O) groups excluding carboxylic acids is 1. The highest BCUT2D eigenvalue weighted by Crippen LogP contribution is 2.16. The number of carbonyl (C=O) groups is 1. The van der Waals surface area contributed by atoms with Crippen molar-refractivity contribution >= 4 is 18.3 Å². The summed E-state index contributed by atoms with van der Waals surface area (Å²) in [5.74, 6) is 1.11. The minimum atomic E-state index is 0. The van der Waals surface area contributed by atoms with Crippen LogP contribution in [0.3, 0.4) is 0 Å². The van der Waals surface area contributed by atoms with Crippen LogP contribution in [0.4, 0.5) is 0 Å². The lowest BCUT2D eigenvalue weighted by Crippen LogP contribution is -2.44. The number of hydrogen-bond donors (Lipinski definition) is 1. The second kappa shape index (κ2) is 11.4. The Morgan fingerprint density at radius 1 is 1.20 bits per heavy atom. The molecule has 1 aliphatic heterocycles. The van der Waals surface area contributed by atoms with Gasteiger partial charge in [-0.1, -0.05) is 13.8 Å². The van der Waals surface area contributed by atoms with E-state index in [0.717, 1.165) is 51.5 Å². The van der Waals surface area contributed by atoms with Crippen LogP contribution in [0.5, 0.6) is 0 Å². The van der Waals surface area contributed by atoms with Crippen molar-refractivity contribution in [2.45, 2.75) is 39.5 Å². The van der Waals surface area contributed by atoms with Crippen molar-refractivity contribution in [3.63, 3.8) is 0 Å². The first-order chi connectivity index (χ1) is 9.21. The Balaban J connectivity index is 0.00000361. The summed E-state index contributed by atoms with van der Waals surface area (Å²) in [4.78, 5) is 16.6. The fourth-order valence-electron chi connectivity index (χ4n) is 2.83. The Hall–Kier alpha value is -0.320. The third-order valence-electron chi connectivity index (χ3n) is 3.90. The van der Waals surface area contributed by atoms with Crippen LogP contribution in [0, 0.1) is 5.92 Å². The van der Waals surface area contributed by atoms with Crippen LogP contribution < -0.4 is 5.32 Å². The zero-order valence-electron chi connectivity index (χ0n) is 13.4. The second-order valence-electron chi connectivity index (χ2n) is 5.66. The predicted molar refractivity (Wildman–Crippen MR) is 87.5 cm³/mol. The van der Waals surface area contributed by atoms with Crippen LogP contribution in [-0.2, 0) is 4.79 Å². The smallest absolute Gasteiger partial charge is 0.236 e. The summed E-state index contributed by atoms with van der Waals surface area (Å²) in [5.41, 5.74) is 0. The van der Waals surface area contributed by atoms with E-state index in [1.165, 1.54) is 12.8 Å². The highest BCUT2D eigenvalue weighted by atomic mass is 35.5. The highest BCUT2D eigenvalue weighted by Gasteiger charge is 2.22. The van der Waals surface area contributed by atoms with E-state index in [2.05, 4.69) is 24.1 Å². The van der Waals surface area contributed by atoms with Crippen LogP contribution in [0.25, 0.3) is 0 Å². The summed E-state index contributed by atoms with van der Waals surface area (Å²) in [5, 5.41) is 3.25. The highest BCUT2D eigenvalue weighted by molar-refractivity contribution is 5.85. The summed E-state index contributed by atoms with van der Waals surface area (Å²) in [6.07, 6.45) is 4.54. The van der Waals surface area contributed by atoms with E-state index in [0.29, 0.717) is 12.5 Å². The molecular weight excluding hydrogens is 274 g/mol. The molecule has 120 valence electrons. The van der Waals surface area contributed by atoms with E-state index in [1.54, 1.807) is 0 Å². The average Bonchev–Trinajstić information content (AvgIpc) is 2.41. The molecule has 0 spiro atoms. The van der Waals surface area contributed by atoms with Gasteiger partial charge in [0.1, 0.15) is 0 Å². The molecule has 1 saturated heterocycles. The largest absolute Gasteiger partial charge is 0.342 e. The van der Waals surface area contributed by atoms with Crippen LogP contribution in [0.1, 0.15) is 39.5 Å². The maximum atomic E-state index is 12.3. The minimum Gasteiger partial charge on any atom is -0.342 e. The normalized spacial score (nSPS) is 16.8. The molecule has 0 aromatic carbocycles. The zero-order valence-corrected chi connectivity index (χ0v) is 14.2. The molecule has 20 heavy (non-hydrogen) atoms. The molecule has 0 aliphatic carbocycles. The van der Waals surface area contributed by atoms with Crippen LogP contribution in [0.15, 0.2) is 0 Å². The Morgan fingerprint density at radius 3 is 2.20 bits per heavy atom. The maximum absolute atomic E-state index is 12.3. The molecule has 1 fully saturated rings. The van der Waals surface area contributed by atoms with E-state index < -0.39 is 0 Å². The molecule has 1 aliphatic rings. The van der Waals surface area contributed by atoms with Crippen LogP contribution in [-0.4, -0.2) is 62.0 Å². The predicted octanol–water partition coefficient (Wildman–Crippen LogP) is 1.99. The van der Waals surface area contributed by atoms with E-state index in [4.69, 9.17) is 0 Å². The fourth-order valence-corrected chi connectivity index (χ4v) is 2.83. The van der Waals surface area contributed by atoms with E-state index in [-0.39, 0.29) is 12.4 Å². The van der Waals surface area contributed by atoms with Crippen LogP contribution in [0.2, 0.25) is 0 Å². The van der Waals surface area contributed by atoms with Gasteiger partial charge in [-0.25, -0.2) is 0 Å². The molecule has 4 nitrogen and oxygen atoms in total. The first-order valence-electron chi connectivity index (χ1n) is 7.85. The van der Waals surface area contributed by atoms with Crippen molar-refractivity contribution < 1.29 is 4.79 Å². The number of halogens is 1. The van der Waals surface area contributed by atoms with Crippen molar-refractivity contribution in [3.8, 4) is 0 Å². The molecular formula is C15H32ClN3O. The second-order valence-corrected chi connectivity index (χ2v) is 5.66. The van der Waals surface area contributed by atoms with Crippen molar-refractivity contribution in [2.75, 3.05) is 46.3 Å². The van der Waals surface area contributed by atoms with E-state index in [1.807, 2.05) is 11.9 Å².